The van der Waals surface area contributed by atoms with Crippen molar-refractivity contribution in [2.45, 2.75) is 39.7 Å². The number of likely N-dealkylation sites (N-methyl/N-ethyl adjacent to an activating group) is 1. The molecule has 0 saturated carbocycles. The Labute approximate surface area is 121 Å². The maximum atomic E-state index is 4.56. The van der Waals surface area contributed by atoms with Crippen molar-refractivity contribution in [1.29, 1.82) is 0 Å². The van der Waals surface area contributed by atoms with Crippen LogP contribution in [0.2, 0.25) is 0 Å². The van der Waals surface area contributed by atoms with E-state index in [2.05, 4.69) is 54.3 Å². The van der Waals surface area contributed by atoms with Gasteiger partial charge in [-0.1, -0.05) is 26.0 Å². The second-order valence-corrected chi connectivity index (χ2v) is 5.03. The minimum absolute atomic E-state index is 0.223. The van der Waals surface area contributed by atoms with Gasteiger partial charge in [-0.3, -0.25) is 9.97 Å². The van der Waals surface area contributed by atoms with Gasteiger partial charge in [-0.15, -0.1) is 0 Å². The molecule has 20 heavy (non-hydrogen) atoms. The Bertz CT molecular complexity index is 534. The standard InChI is InChI=1S/C17H23N3/c1-4-14-8-9-15(20-12-14)11-16(18-5-2)17-13(3)7-6-10-19-17/h6-10,12,16,18H,4-5,11H2,1-3H3. The fourth-order valence-corrected chi connectivity index (χ4v) is 2.37. The van der Waals surface area contributed by atoms with E-state index in [0.717, 1.165) is 30.8 Å². The van der Waals surface area contributed by atoms with E-state index in [4.69, 9.17) is 0 Å². The van der Waals surface area contributed by atoms with Crippen molar-refractivity contribution in [1.82, 2.24) is 15.3 Å². The van der Waals surface area contributed by atoms with Gasteiger partial charge < -0.3 is 5.32 Å². The van der Waals surface area contributed by atoms with Crippen LogP contribution in [0.25, 0.3) is 0 Å². The molecule has 2 heterocycles. The molecule has 106 valence electrons. The number of aromatic nitrogens is 2. The van der Waals surface area contributed by atoms with Crippen molar-refractivity contribution >= 4 is 0 Å². The zero-order chi connectivity index (χ0) is 14.4. The molecule has 0 fully saturated rings. The number of nitrogens with one attached hydrogen (secondary N) is 1. The smallest absolute Gasteiger partial charge is 0.0606 e. The molecule has 0 amide bonds. The average Bonchev–Trinajstić information content (AvgIpc) is 2.48. The molecule has 0 aliphatic rings. The van der Waals surface area contributed by atoms with Gasteiger partial charge in [0, 0.05) is 24.5 Å². The van der Waals surface area contributed by atoms with Crippen LogP contribution in [-0.2, 0) is 12.8 Å². The van der Waals surface area contributed by atoms with Crippen molar-refractivity contribution in [3.63, 3.8) is 0 Å². The molecule has 2 aromatic rings. The first-order chi connectivity index (χ1) is 9.74. The minimum Gasteiger partial charge on any atom is -0.309 e. The maximum absolute atomic E-state index is 4.56. The monoisotopic (exact) mass is 269 g/mol. The summed E-state index contributed by atoms with van der Waals surface area (Å²) < 4.78 is 0. The second kappa shape index (κ2) is 7.15. The van der Waals surface area contributed by atoms with Crippen LogP contribution >= 0.6 is 0 Å². The lowest BCUT2D eigenvalue weighted by Gasteiger charge is -2.19. The van der Waals surface area contributed by atoms with Crippen LogP contribution in [0.5, 0.6) is 0 Å². The first-order valence-corrected chi connectivity index (χ1v) is 7.33. The molecule has 0 aromatic carbocycles. The molecular weight excluding hydrogens is 246 g/mol. The van der Waals surface area contributed by atoms with Gasteiger partial charge in [-0.05, 0) is 43.1 Å². The van der Waals surface area contributed by atoms with Crippen molar-refractivity contribution in [3.05, 3.63) is 59.2 Å². The zero-order valence-corrected chi connectivity index (χ0v) is 12.6. The van der Waals surface area contributed by atoms with E-state index in [-0.39, 0.29) is 6.04 Å². The zero-order valence-electron chi connectivity index (χ0n) is 12.6. The van der Waals surface area contributed by atoms with Crippen molar-refractivity contribution in [3.8, 4) is 0 Å². The molecule has 1 atom stereocenters. The lowest BCUT2D eigenvalue weighted by molar-refractivity contribution is 0.528. The van der Waals surface area contributed by atoms with Gasteiger partial charge in [0.2, 0.25) is 0 Å². The van der Waals surface area contributed by atoms with Crippen LogP contribution in [0.4, 0.5) is 0 Å². The van der Waals surface area contributed by atoms with E-state index in [1.165, 1.54) is 11.1 Å². The van der Waals surface area contributed by atoms with Crippen LogP contribution in [0.3, 0.4) is 0 Å². The number of nitrogens with zero attached hydrogens (tertiary/aromatic N) is 2. The molecule has 0 aliphatic heterocycles. The van der Waals surface area contributed by atoms with Crippen molar-refractivity contribution < 1.29 is 0 Å². The van der Waals surface area contributed by atoms with Crippen LogP contribution in [-0.4, -0.2) is 16.5 Å². The Hall–Kier alpha value is -1.74. The fraction of sp³-hybridized carbons (Fsp3) is 0.412. The molecule has 0 saturated heterocycles. The summed E-state index contributed by atoms with van der Waals surface area (Å²) in [6.45, 7) is 7.31. The highest BCUT2D eigenvalue weighted by molar-refractivity contribution is 5.23. The third-order valence-electron chi connectivity index (χ3n) is 3.54. The quantitative estimate of drug-likeness (QED) is 0.875. The lowest BCUT2D eigenvalue weighted by Crippen LogP contribution is -2.25. The number of aryl methyl sites for hydroxylation is 2. The second-order valence-electron chi connectivity index (χ2n) is 5.03. The van der Waals surface area contributed by atoms with Gasteiger partial charge in [0.05, 0.1) is 11.7 Å². The van der Waals surface area contributed by atoms with Crippen LogP contribution in [0.1, 0.15) is 42.4 Å². The Morgan fingerprint density at radius 2 is 2.00 bits per heavy atom. The van der Waals surface area contributed by atoms with Gasteiger partial charge >= 0.3 is 0 Å². The highest BCUT2D eigenvalue weighted by Crippen LogP contribution is 2.18. The van der Waals surface area contributed by atoms with Crippen molar-refractivity contribution in [2.75, 3.05) is 6.54 Å². The number of hydrogen-bond acceptors (Lipinski definition) is 3. The molecular formula is C17H23N3. The summed E-state index contributed by atoms with van der Waals surface area (Å²) in [6, 6.07) is 8.61. The normalized spacial score (nSPS) is 12.3. The van der Waals surface area contributed by atoms with E-state index < -0.39 is 0 Å². The molecule has 0 bridgehead atoms. The Balaban J connectivity index is 2.18. The van der Waals surface area contributed by atoms with Crippen LogP contribution in [0, 0.1) is 6.92 Å². The summed E-state index contributed by atoms with van der Waals surface area (Å²) in [5, 5.41) is 3.51. The fourth-order valence-electron chi connectivity index (χ4n) is 2.37. The molecule has 3 heteroatoms. The van der Waals surface area contributed by atoms with E-state index in [0.29, 0.717) is 0 Å². The summed E-state index contributed by atoms with van der Waals surface area (Å²) >= 11 is 0. The third-order valence-corrected chi connectivity index (χ3v) is 3.54. The minimum atomic E-state index is 0.223. The van der Waals surface area contributed by atoms with Crippen molar-refractivity contribution in [2.24, 2.45) is 0 Å². The molecule has 1 unspecified atom stereocenters. The predicted octanol–water partition coefficient (Wildman–Crippen LogP) is 3.24. The summed E-state index contributed by atoms with van der Waals surface area (Å²) in [7, 11) is 0. The van der Waals surface area contributed by atoms with Gasteiger partial charge in [-0.25, -0.2) is 0 Å². The molecule has 0 aliphatic carbocycles. The highest BCUT2D eigenvalue weighted by atomic mass is 14.9. The molecule has 0 radical (unpaired) electrons. The van der Waals surface area contributed by atoms with Crippen LogP contribution in [0.15, 0.2) is 36.7 Å². The lowest BCUT2D eigenvalue weighted by atomic mass is 10.0. The Morgan fingerprint density at radius 3 is 2.60 bits per heavy atom. The Morgan fingerprint density at radius 1 is 1.15 bits per heavy atom. The predicted molar refractivity (Wildman–Crippen MR) is 82.7 cm³/mol. The molecule has 3 nitrogen and oxygen atoms in total. The largest absolute Gasteiger partial charge is 0.309 e. The van der Waals surface area contributed by atoms with Crippen LogP contribution < -0.4 is 5.32 Å². The number of pyridine rings is 2. The van der Waals surface area contributed by atoms with E-state index in [1.54, 1.807) is 0 Å². The summed E-state index contributed by atoms with van der Waals surface area (Å²) in [5.41, 5.74) is 4.74. The summed E-state index contributed by atoms with van der Waals surface area (Å²) in [5.74, 6) is 0. The highest BCUT2D eigenvalue weighted by Gasteiger charge is 2.15. The van der Waals surface area contributed by atoms with E-state index >= 15 is 0 Å². The molecule has 2 rings (SSSR count). The van der Waals surface area contributed by atoms with Gasteiger partial charge in [0.15, 0.2) is 0 Å². The SMILES string of the molecule is CCNC(Cc1ccc(CC)cn1)c1ncccc1C. The summed E-state index contributed by atoms with van der Waals surface area (Å²) in [6.07, 6.45) is 5.74. The first kappa shape index (κ1) is 14.7. The number of hydrogen-bond donors (Lipinski definition) is 1. The molecule has 0 spiro atoms. The van der Waals surface area contributed by atoms with Gasteiger partial charge in [0.25, 0.3) is 0 Å². The van der Waals surface area contributed by atoms with E-state index in [1.807, 2.05) is 18.5 Å². The first-order valence-electron chi connectivity index (χ1n) is 7.33. The summed E-state index contributed by atoms with van der Waals surface area (Å²) in [4.78, 5) is 9.10. The average molecular weight is 269 g/mol. The van der Waals surface area contributed by atoms with Gasteiger partial charge in [0.1, 0.15) is 0 Å². The third kappa shape index (κ3) is 3.64. The maximum Gasteiger partial charge on any atom is 0.0606 e. The number of rotatable bonds is 6. The topological polar surface area (TPSA) is 37.8 Å². The van der Waals surface area contributed by atoms with Gasteiger partial charge in [-0.2, -0.15) is 0 Å². The van der Waals surface area contributed by atoms with E-state index in [9.17, 15) is 0 Å². The molecule has 2 aromatic heterocycles. The molecule has 1 N–H and O–H groups in total. The Kier molecular flexibility index (Phi) is 5.24.